The van der Waals surface area contributed by atoms with Crippen molar-refractivity contribution in [3.05, 3.63) is 0 Å². The second kappa shape index (κ2) is 3.32. The van der Waals surface area contributed by atoms with Crippen LogP contribution in [0.25, 0.3) is 0 Å². The summed E-state index contributed by atoms with van der Waals surface area (Å²) in [6.07, 6.45) is -3.11. The molecule has 1 heterocycles. The highest BCUT2D eigenvalue weighted by Crippen LogP contribution is 2.38. The summed E-state index contributed by atoms with van der Waals surface area (Å²) in [4.78, 5) is 22.1. The van der Waals surface area contributed by atoms with Crippen LogP contribution in [0.15, 0.2) is 0 Å². The number of carboxylic acid groups (broad SMARTS) is 2. The first kappa shape index (κ1) is 11.7. The lowest BCUT2D eigenvalue weighted by molar-refractivity contribution is -0.164. The zero-order valence-corrected chi connectivity index (χ0v) is 8.04. The fourth-order valence-electron chi connectivity index (χ4n) is 1.71. The predicted octanol–water partition coefficient (Wildman–Crippen LogP) is 1.24. The lowest BCUT2D eigenvalue weighted by atomic mass is 9.86. The van der Waals surface area contributed by atoms with E-state index in [9.17, 15) is 18.4 Å². The predicted molar refractivity (Wildman–Crippen MR) is 45.0 cm³/mol. The molecule has 1 amide bonds. The average molecular weight is 223 g/mol. The van der Waals surface area contributed by atoms with Gasteiger partial charge in [0.2, 0.25) is 0 Å². The van der Waals surface area contributed by atoms with E-state index in [-0.39, 0.29) is 0 Å². The maximum atomic E-state index is 13.0. The molecular formula is C8H11F2NO4. The molecule has 1 aliphatic heterocycles. The van der Waals surface area contributed by atoms with Gasteiger partial charge in [0.05, 0.1) is 0 Å². The van der Waals surface area contributed by atoms with Crippen LogP contribution in [0.4, 0.5) is 13.6 Å². The Labute approximate surface area is 84.3 Å². The number of halogens is 2. The van der Waals surface area contributed by atoms with Crippen molar-refractivity contribution in [2.45, 2.75) is 31.2 Å². The van der Waals surface area contributed by atoms with Crippen molar-refractivity contribution in [1.29, 1.82) is 0 Å². The second-order valence-corrected chi connectivity index (χ2v) is 3.80. The van der Waals surface area contributed by atoms with E-state index in [1.165, 1.54) is 0 Å². The molecule has 1 saturated heterocycles. The smallest absolute Gasteiger partial charge is 0.408 e. The van der Waals surface area contributed by atoms with Crippen LogP contribution in [0, 0.1) is 0 Å². The van der Waals surface area contributed by atoms with Gasteiger partial charge >= 0.3 is 12.1 Å². The van der Waals surface area contributed by atoms with Gasteiger partial charge in [0, 0.05) is 19.4 Å². The minimum atomic E-state index is -3.13. The van der Waals surface area contributed by atoms with Crippen molar-refractivity contribution in [3.8, 4) is 0 Å². The van der Waals surface area contributed by atoms with Crippen LogP contribution in [-0.4, -0.2) is 45.2 Å². The molecule has 0 aliphatic carbocycles. The molecule has 1 unspecified atom stereocenters. The molecule has 5 nitrogen and oxygen atoms in total. The second-order valence-electron chi connectivity index (χ2n) is 3.80. The number of carboxylic acids is 1. The van der Waals surface area contributed by atoms with Crippen molar-refractivity contribution in [1.82, 2.24) is 4.90 Å². The molecule has 0 aromatic carbocycles. The fourth-order valence-corrected chi connectivity index (χ4v) is 1.71. The maximum absolute atomic E-state index is 13.0. The molecule has 0 radical (unpaired) electrons. The maximum Gasteiger partial charge on any atom is 0.408 e. The highest BCUT2D eigenvalue weighted by Gasteiger charge is 2.53. The Morgan fingerprint density at radius 1 is 1.33 bits per heavy atom. The Bertz CT molecular complexity index is 307. The summed E-state index contributed by atoms with van der Waals surface area (Å²) in [6, 6.07) is 0. The topological polar surface area (TPSA) is 77.8 Å². The SMILES string of the molecule is CC1(C(=O)O)CC(F)(F)CCN1C(=O)O. The number of hydrogen-bond acceptors (Lipinski definition) is 2. The Hall–Kier alpha value is -1.40. The van der Waals surface area contributed by atoms with E-state index in [1.54, 1.807) is 0 Å². The molecule has 0 spiro atoms. The largest absolute Gasteiger partial charge is 0.480 e. The van der Waals surface area contributed by atoms with E-state index in [2.05, 4.69) is 0 Å². The van der Waals surface area contributed by atoms with Gasteiger partial charge in [-0.05, 0) is 6.92 Å². The van der Waals surface area contributed by atoms with Crippen molar-refractivity contribution >= 4 is 12.1 Å². The van der Waals surface area contributed by atoms with Crippen molar-refractivity contribution < 1.29 is 28.6 Å². The first-order valence-corrected chi connectivity index (χ1v) is 4.31. The van der Waals surface area contributed by atoms with E-state index in [4.69, 9.17) is 10.2 Å². The highest BCUT2D eigenvalue weighted by atomic mass is 19.3. The molecule has 1 fully saturated rings. The number of carbonyl (C=O) groups is 2. The quantitative estimate of drug-likeness (QED) is 0.701. The molecule has 1 atom stereocenters. The zero-order chi connectivity index (χ0) is 11.9. The van der Waals surface area contributed by atoms with E-state index < -0.39 is 42.9 Å². The normalized spacial score (nSPS) is 29.9. The number of nitrogens with zero attached hydrogens (tertiary/aromatic N) is 1. The van der Waals surface area contributed by atoms with E-state index >= 15 is 0 Å². The molecule has 0 aromatic rings. The number of alkyl halides is 2. The van der Waals surface area contributed by atoms with Gasteiger partial charge in [0.1, 0.15) is 5.54 Å². The van der Waals surface area contributed by atoms with Gasteiger partial charge in [-0.3, -0.25) is 4.90 Å². The van der Waals surface area contributed by atoms with Gasteiger partial charge in [-0.25, -0.2) is 18.4 Å². The Morgan fingerprint density at radius 2 is 1.87 bits per heavy atom. The van der Waals surface area contributed by atoms with Crippen LogP contribution in [0.5, 0.6) is 0 Å². The fraction of sp³-hybridized carbons (Fsp3) is 0.750. The summed E-state index contributed by atoms with van der Waals surface area (Å²) in [5, 5.41) is 17.5. The van der Waals surface area contributed by atoms with Crippen LogP contribution in [0.3, 0.4) is 0 Å². The number of amides is 1. The summed E-state index contributed by atoms with van der Waals surface area (Å²) in [6.45, 7) is 0.529. The minimum absolute atomic E-state index is 0.467. The van der Waals surface area contributed by atoms with Crippen molar-refractivity contribution in [2.75, 3.05) is 6.54 Å². The number of piperidine rings is 1. The summed E-state index contributed by atoms with van der Waals surface area (Å²) in [5.74, 6) is -4.68. The van der Waals surface area contributed by atoms with Gasteiger partial charge in [-0.1, -0.05) is 0 Å². The molecule has 0 saturated carbocycles. The monoisotopic (exact) mass is 223 g/mol. The summed E-state index contributed by atoms with van der Waals surface area (Å²) in [5.41, 5.74) is -2.05. The first-order chi connectivity index (χ1) is 6.69. The van der Waals surface area contributed by atoms with Crippen LogP contribution >= 0.6 is 0 Å². The standard InChI is InChI=1S/C8H11F2NO4/c1-7(5(12)13)4-8(9,10)2-3-11(7)6(14)15/h2-4H2,1H3,(H,12,13)(H,14,15). The number of hydrogen-bond donors (Lipinski definition) is 2. The number of rotatable bonds is 1. The zero-order valence-electron chi connectivity index (χ0n) is 8.04. The summed E-state index contributed by atoms with van der Waals surface area (Å²) < 4.78 is 26.0. The summed E-state index contributed by atoms with van der Waals surface area (Å²) in [7, 11) is 0. The minimum Gasteiger partial charge on any atom is -0.480 e. The number of likely N-dealkylation sites (tertiary alicyclic amines) is 1. The summed E-state index contributed by atoms with van der Waals surface area (Å²) >= 11 is 0. The number of aliphatic carboxylic acids is 1. The van der Waals surface area contributed by atoms with E-state index in [0.717, 1.165) is 6.92 Å². The molecular weight excluding hydrogens is 212 g/mol. The molecule has 7 heteroatoms. The third kappa shape index (κ3) is 2.00. The molecule has 15 heavy (non-hydrogen) atoms. The van der Waals surface area contributed by atoms with Crippen LogP contribution in [0.2, 0.25) is 0 Å². The third-order valence-corrected chi connectivity index (χ3v) is 2.59. The van der Waals surface area contributed by atoms with Crippen LogP contribution < -0.4 is 0 Å². The van der Waals surface area contributed by atoms with Crippen molar-refractivity contribution in [3.63, 3.8) is 0 Å². The Balaban J connectivity index is 3.03. The molecule has 1 aliphatic rings. The average Bonchev–Trinajstić information content (AvgIpc) is 2.00. The third-order valence-electron chi connectivity index (χ3n) is 2.59. The van der Waals surface area contributed by atoms with Gasteiger partial charge in [0.25, 0.3) is 5.92 Å². The molecule has 86 valence electrons. The Kier molecular flexibility index (Phi) is 2.58. The lowest BCUT2D eigenvalue weighted by Crippen LogP contribution is -2.61. The molecule has 1 rings (SSSR count). The van der Waals surface area contributed by atoms with Gasteiger partial charge < -0.3 is 10.2 Å². The van der Waals surface area contributed by atoms with Crippen LogP contribution in [0.1, 0.15) is 19.8 Å². The van der Waals surface area contributed by atoms with E-state index in [1.807, 2.05) is 0 Å². The molecule has 0 bridgehead atoms. The molecule has 2 N–H and O–H groups in total. The van der Waals surface area contributed by atoms with E-state index in [0.29, 0.717) is 4.90 Å². The molecule has 0 aromatic heterocycles. The van der Waals surface area contributed by atoms with Crippen LogP contribution in [-0.2, 0) is 4.79 Å². The highest BCUT2D eigenvalue weighted by molar-refractivity contribution is 5.83. The van der Waals surface area contributed by atoms with Crippen molar-refractivity contribution in [2.24, 2.45) is 0 Å². The first-order valence-electron chi connectivity index (χ1n) is 4.31. The lowest BCUT2D eigenvalue weighted by Gasteiger charge is -2.42. The van der Waals surface area contributed by atoms with Gasteiger partial charge in [-0.2, -0.15) is 0 Å². The van der Waals surface area contributed by atoms with Gasteiger partial charge in [-0.15, -0.1) is 0 Å². The Morgan fingerprint density at radius 3 is 2.27 bits per heavy atom. The van der Waals surface area contributed by atoms with Gasteiger partial charge in [0.15, 0.2) is 0 Å².